The van der Waals surface area contributed by atoms with Gasteiger partial charge >= 0.3 is 0 Å². The Morgan fingerprint density at radius 1 is 1.00 bits per heavy atom. The molecule has 2 heteroatoms. The lowest BCUT2D eigenvalue weighted by Crippen LogP contribution is -2.25. The normalized spacial score (nSPS) is 12.3. The molecule has 1 nitrogen and oxygen atoms in total. The fourth-order valence-electron chi connectivity index (χ4n) is 2.73. The van der Waals surface area contributed by atoms with Gasteiger partial charge in [0.2, 0.25) is 0 Å². The van der Waals surface area contributed by atoms with E-state index in [0.717, 1.165) is 30.4 Å². The van der Waals surface area contributed by atoms with Crippen molar-refractivity contribution >= 4 is 15.9 Å². The second-order valence-electron chi connectivity index (χ2n) is 5.70. The van der Waals surface area contributed by atoms with E-state index < -0.39 is 0 Å². The molecule has 0 aliphatic heterocycles. The third kappa shape index (κ3) is 5.64. The van der Waals surface area contributed by atoms with Crippen LogP contribution >= 0.6 is 15.9 Å². The van der Waals surface area contributed by atoms with Crippen molar-refractivity contribution in [3.05, 3.63) is 69.7 Å². The fraction of sp³-hybridized carbons (Fsp3) is 0.368. The van der Waals surface area contributed by atoms with E-state index >= 15 is 0 Å². The van der Waals surface area contributed by atoms with Gasteiger partial charge in [0.15, 0.2) is 0 Å². The largest absolute Gasteiger partial charge is 0.317 e. The van der Waals surface area contributed by atoms with E-state index in [2.05, 4.69) is 83.6 Å². The number of aryl methyl sites for hydroxylation is 1. The first-order valence-electron chi connectivity index (χ1n) is 7.68. The standard InChI is InChI=1S/C19H24BrN/c1-3-21-14-18(11-16-7-4-6-15(2)10-16)12-17-8-5-9-19(20)13-17/h4-10,13,18,21H,3,11-12,14H2,1-2H3. The zero-order valence-corrected chi connectivity index (χ0v) is 14.5. The predicted molar refractivity (Wildman–Crippen MR) is 94.8 cm³/mol. The highest BCUT2D eigenvalue weighted by atomic mass is 79.9. The number of benzene rings is 2. The molecule has 1 atom stereocenters. The van der Waals surface area contributed by atoms with Gasteiger partial charge in [0.25, 0.3) is 0 Å². The van der Waals surface area contributed by atoms with Crippen molar-refractivity contribution in [2.75, 3.05) is 13.1 Å². The third-order valence-corrected chi connectivity index (χ3v) is 4.20. The summed E-state index contributed by atoms with van der Waals surface area (Å²) >= 11 is 3.57. The van der Waals surface area contributed by atoms with E-state index in [1.807, 2.05) is 0 Å². The summed E-state index contributed by atoms with van der Waals surface area (Å²) in [4.78, 5) is 0. The fourth-order valence-corrected chi connectivity index (χ4v) is 3.18. The van der Waals surface area contributed by atoms with Gasteiger partial charge in [-0.3, -0.25) is 0 Å². The summed E-state index contributed by atoms with van der Waals surface area (Å²) in [6, 6.07) is 17.5. The van der Waals surface area contributed by atoms with Crippen LogP contribution in [0.4, 0.5) is 0 Å². The lowest BCUT2D eigenvalue weighted by atomic mass is 9.92. The Kier molecular flexibility index (Phi) is 6.47. The van der Waals surface area contributed by atoms with Crippen LogP contribution in [0.5, 0.6) is 0 Å². The van der Waals surface area contributed by atoms with Gasteiger partial charge in [-0.1, -0.05) is 64.8 Å². The maximum Gasteiger partial charge on any atom is 0.0177 e. The predicted octanol–water partition coefficient (Wildman–Crippen LogP) is 4.77. The second-order valence-corrected chi connectivity index (χ2v) is 6.62. The second kappa shape index (κ2) is 8.35. The molecule has 0 spiro atoms. The molecule has 0 fully saturated rings. The lowest BCUT2D eigenvalue weighted by molar-refractivity contribution is 0.478. The summed E-state index contributed by atoms with van der Waals surface area (Å²) in [7, 11) is 0. The molecule has 0 amide bonds. The van der Waals surface area contributed by atoms with E-state index in [1.54, 1.807) is 0 Å². The highest BCUT2D eigenvalue weighted by molar-refractivity contribution is 9.10. The summed E-state index contributed by atoms with van der Waals surface area (Å²) in [6.07, 6.45) is 2.24. The molecule has 112 valence electrons. The Hall–Kier alpha value is -1.12. The van der Waals surface area contributed by atoms with E-state index in [-0.39, 0.29) is 0 Å². The van der Waals surface area contributed by atoms with Crippen LogP contribution in [0.1, 0.15) is 23.6 Å². The first-order valence-corrected chi connectivity index (χ1v) is 8.47. The minimum atomic E-state index is 0.626. The minimum Gasteiger partial charge on any atom is -0.317 e. The zero-order chi connectivity index (χ0) is 15.1. The van der Waals surface area contributed by atoms with Crippen LogP contribution in [0.2, 0.25) is 0 Å². The molecular formula is C19H24BrN. The molecule has 2 rings (SSSR count). The van der Waals surface area contributed by atoms with Crippen LogP contribution in [-0.4, -0.2) is 13.1 Å². The van der Waals surface area contributed by atoms with E-state index in [1.165, 1.54) is 16.7 Å². The lowest BCUT2D eigenvalue weighted by Gasteiger charge is -2.18. The SMILES string of the molecule is CCNCC(Cc1cccc(C)c1)Cc1cccc(Br)c1. The smallest absolute Gasteiger partial charge is 0.0177 e. The van der Waals surface area contributed by atoms with Crippen LogP contribution in [0.3, 0.4) is 0 Å². The van der Waals surface area contributed by atoms with E-state index in [9.17, 15) is 0 Å². The molecule has 0 aliphatic rings. The Bertz CT molecular complexity index is 517. The molecule has 0 saturated heterocycles. The van der Waals surface area contributed by atoms with Crippen LogP contribution in [0, 0.1) is 12.8 Å². The Morgan fingerprint density at radius 3 is 2.29 bits per heavy atom. The molecule has 0 saturated carbocycles. The van der Waals surface area contributed by atoms with Crippen LogP contribution in [-0.2, 0) is 12.8 Å². The topological polar surface area (TPSA) is 12.0 Å². The van der Waals surface area contributed by atoms with Gasteiger partial charge in [-0.25, -0.2) is 0 Å². The molecule has 0 heterocycles. The molecule has 1 N–H and O–H groups in total. The van der Waals surface area contributed by atoms with Crippen molar-refractivity contribution in [2.24, 2.45) is 5.92 Å². The number of halogens is 1. The van der Waals surface area contributed by atoms with Gasteiger partial charge in [0, 0.05) is 4.47 Å². The zero-order valence-electron chi connectivity index (χ0n) is 12.9. The van der Waals surface area contributed by atoms with Gasteiger partial charge < -0.3 is 5.32 Å². The van der Waals surface area contributed by atoms with Crippen molar-refractivity contribution in [3.8, 4) is 0 Å². The van der Waals surface area contributed by atoms with Gasteiger partial charge in [0.1, 0.15) is 0 Å². The molecule has 21 heavy (non-hydrogen) atoms. The highest BCUT2D eigenvalue weighted by Crippen LogP contribution is 2.18. The molecule has 0 bridgehead atoms. The number of rotatable bonds is 7. The van der Waals surface area contributed by atoms with Crippen molar-refractivity contribution < 1.29 is 0 Å². The van der Waals surface area contributed by atoms with Gasteiger partial charge in [-0.05, 0) is 62.0 Å². The molecule has 0 aliphatic carbocycles. The third-order valence-electron chi connectivity index (χ3n) is 3.70. The molecular weight excluding hydrogens is 322 g/mol. The van der Waals surface area contributed by atoms with Crippen molar-refractivity contribution in [3.63, 3.8) is 0 Å². The molecule has 2 aromatic carbocycles. The molecule has 0 radical (unpaired) electrons. The van der Waals surface area contributed by atoms with Gasteiger partial charge in [0.05, 0.1) is 0 Å². The monoisotopic (exact) mass is 345 g/mol. The Labute approximate surface area is 136 Å². The summed E-state index contributed by atoms with van der Waals surface area (Å²) in [6.45, 7) is 6.43. The number of nitrogens with one attached hydrogen (secondary N) is 1. The minimum absolute atomic E-state index is 0.626. The van der Waals surface area contributed by atoms with Crippen molar-refractivity contribution in [2.45, 2.75) is 26.7 Å². The van der Waals surface area contributed by atoms with Gasteiger partial charge in [-0.15, -0.1) is 0 Å². The summed E-state index contributed by atoms with van der Waals surface area (Å²) in [5.74, 6) is 0.626. The van der Waals surface area contributed by atoms with E-state index in [0.29, 0.717) is 5.92 Å². The van der Waals surface area contributed by atoms with E-state index in [4.69, 9.17) is 0 Å². The Morgan fingerprint density at radius 2 is 1.67 bits per heavy atom. The molecule has 1 unspecified atom stereocenters. The van der Waals surface area contributed by atoms with Gasteiger partial charge in [-0.2, -0.15) is 0 Å². The summed E-state index contributed by atoms with van der Waals surface area (Å²) in [5, 5.41) is 3.51. The number of hydrogen-bond acceptors (Lipinski definition) is 1. The maximum atomic E-state index is 3.57. The average molecular weight is 346 g/mol. The Balaban J connectivity index is 2.06. The summed E-state index contributed by atoms with van der Waals surface area (Å²) in [5.41, 5.74) is 4.19. The first-order chi connectivity index (χ1) is 10.2. The highest BCUT2D eigenvalue weighted by Gasteiger charge is 2.11. The van der Waals surface area contributed by atoms with Crippen LogP contribution < -0.4 is 5.32 Å². The van der Waals surface area contributed by atoms with Crippen LogP contribution in [0.15, 0.2) is 53.0 Å². The van der Waals surface area contributed by atoms with Crippen molar-refractivity contribution in [1.82, 2.24) is 5.32 Å². The average Bonchev–Trinajstić information content (AvgIpc) is 2.45. The maximum absolute atomic E-state index is 3.57. The molecule has 2 aromatic rings. The first kappa shape index (κ1) is 16.3. The molecule has 0 aromatic heterocycles. The summed E-state index contributed by atoms with van der Waals surface area (Å²) < 4.78 is 1.16. The quantitative estimate of drug-likeness (QED) is 0.762. The van der Waals surface area contributed by atoms with Crippen LogP contribution in [0.25, 0.3) is 0 Å². The van der Waals surface area contributed by atoms with Crippen molar-refractivity contribution in [1.29, 1.82) is 0 Å². The number of hydrogen-bond donors (Lipinski definition) is 1.